The summed E-state index contributed by atoms with van der Waals surface area (Å²) >= 11 is 5.99. The van der Waals surface area contributed by atoms with Gasteiger partial charge in [0.15, 0.2) is 0 Å². The number of amides is 3. The number of aromatic amines is 1. The number of fused-ring (bicyclic) bond motifs is 2. The molecule has 1 aliphatic rings. The number of carbonyl (C=O) groups excluding carboxylic acids is 3. The Morgan fingerprint density at radius 2 is 2.00 bits per heavy atom. The van der Waals surface area contributed by atoms with Crippen LogP contribution in [-0.2, 0) is 16.0 Å². The van der Waals surface area contributed by atoms with Gasteiger partial charge in [0.1, 0.15) is 18.3 Å². The first-order valence-corrected chi connectivity index (χ1v) is 9.07. The number of para-hydroxylation sites is 1. The third-order valence-electron chi connectivity index (χ3n) is 4.72. The second kappa shape index (κ2) is 7.01. The van der Waals surface area contributed by atoms with Gasteiger partial charge in [-0.1, -0.05) is 29.8 Å². The summed E-state index contributed by atoms with van der Waals surface area (Å²) in [5.41, 5.74) is 7.89. The lowest BCUT2D eigenvalue weighted by Crippen LogP contribution is -2.54. The van der Waals surface area contributed by atoms with Gasteiger partial charge >= 0.3 is 0 Å². The highest BCUT2D eigenvalue weighted by atomic mass is 35.5. The number of benzene rings is 2. The minimum Gasteiger partial charge on any atom is -0.368 e. The quantitative estimate of drug-likeness (QED) is 0.627. The van der Waals surface area contributed by atoms with Crippen LogP contribution in [-0.4, -0.2) is 35.3 Å². The van der Waals surface area contributed by atoms with Gasteiger partial charge in [0.25, 0.3) is 5.91 Å². The topological polar surface area (TPSA) is 108 Å². The van der Waals surface area contributed by atoms with Crippen molar-refractivity contribution in [2.24, 2.45) is 5.73 Å². The molecule has 0 radical (unpaired) electrons. The summed E-state index contributed by atoms with van der Waals surface area (Å²) in [7, 11) is 0. The standard InChI is InChI=1S/C20H17ClN4O3/c21-13-5-6-14-12(7-13)9-15(23-14)19(27)24-16-8-11-3-1-2-4-17(11)25(20(16)28)10-18(22)26/h1-7,9,16,23H,8,10H2,(H2,22,26)(H,24,27). The molecule has 0 bridgehead atoms. The van der Waals surface area contributed by atoms with Crippen LogP contribution in [0.2, 0.25) is 5.02 Å². The van der Waals surface area contributed by atoms with Crippen molar-refractivity contribution in [1.29, 1.82) is 0 Å². The smallest absolute Gasteiger partial charge is 0.268 e. The molecule has 28 heavy (non-hydrogen) atoms. The van der Waals surface area contributed by atoms with Gasteiger partial charge in [0.05, 0.1) is 0 Å². The molecule has 142 valence electrons. The van der Waals surface area contributed by atoms with Gasteiger partial charge in [-0.3, -0.25) is 14.4 Å². The number of H-pyrrole nitrogens is 1. The first kappa shape index (κ1) is 18.1. The van der Waals surface area contributed by atoms with E-state index in [1.807, 2.05) is 12.1 Å². The minimum absolute atomic E-state index is 0.243. The van der Waals surface area contributed by atoms with Gasteiger partial charge < -0.3 is 20.9 Å². The Labute approximate surface area is 165 Å². The lowest BCUT2D eigenvalue weighted by atomic mass is 9.97. The van der Waals surface area contributed by atoms with Crippen LogP contribution in [0.5, 0.6) is 0 Å². The van der Waals surface area contributed by atoms with Crippen LogP contribution in [0.15, 0.2) is 48.5 Å². The molecule has 7 nitrogen and oxygen atoms in total. The molecular weight excluding hydrogens is 380 g/mol. The first-order valence-electron chi connectivity index (χ1n) is 8.69. The molecule has 1 aliphatic heterocycles. The molecule has 2 heterocycles. The maximum atomic E-state index is 12.9. The van der Waals surface area contributed by atoms with E-state index in [9.17, 15) is 14.4 Å². The van der Waals surface area contributed by atoms with Crippen molar-refractivity contribution >= 4 is 45.9 Å². The number of halogens is 1. The average molecular weight is 397 g/mol. The fraction of sp³-hybridized carbons (Fsp3) is 0.150. The maximum absolute atomic E-state index is 12.9. The number of nitrogens with two attached hydrogens (primary N) is 1. The lowest BCUT2D eigenvalue weighted by Gasteiger charge is -2.33. The number of anilines is 1. The molecule has 4 rings (SSSR count). The van der Waals surface area contributed by atoms with E-state index in [4.69, 9.17) is 17.3 Å². The fourth-order valence-electron chi connectivity index (χ4n) is 3.45. The van der Waals surface area contributed by atoms with Gasteiger partial charge in [0, 0.05) is 28.0 Å². The minimum atomic E-state index is -0.795. The van der Waals surface area contributed by atoms with E-state index >= 15 is 0 Å². The molecule has 0 saturated carbocycles. The predicted octanol–water partition coefficient (Wildman–Crippen LogP) is 1.99. The zero-order valence-electron chi connectivity index (χ0n) is 14.7. The van der Waals surface area contributed by atoms with Crippen molar-refractivity contribution in [3.8, 4) is 0 Å². The monoisotopic (exact) mass is 396 g/mol. The Morgan fingerprint density at radius 1 is 1.21 bits per heavy atom. The highest BCUT2D eigenvalue weighted by Crippen LogP contribution is 2.28. The summed E-state index contributed by atoms with van der Waals surface area (Å²) in [6, 6.07) is 13.4. The molecule has 1 atom stereocenters. The molecule has 3 amide bonds. The zero-order valence-corrected chi connectivity index (χ0v) is 15.5. The molecule has 2 aromatic carbocycles. The average Bonchev–Trinajstić information content (AvgIpc) is 3.08. The fourth-order valence-corrected chi connectivity index (χ4v) is 3.63. The van der Waals surface area contributed by atoms with E-state index in [0.717, 1.165) is 16.5 Å². The molecule has 0 aliphatic carbocycles. The van der Waals surface area contributed by atoms with Crippen molar-refractivity contribution in [3.05, 3.63) is 64.8 Å². The Balaban J connectivity index is 1.60. The number of primary amides is 1. The molecule has 0 saturated heterocycles. The van der Waals surface area contributed by atoms with Crippen molar-refractivity contribution < 1.29 is 14.4 Å². The van der Waals surface area contributed by atoms with Crippen LogP contribution in [0.3, 0.4) is 0 Å². The van der Waals surface area contributed by atoms with Crippen molar-refractivity contribution in [2.75, 3.05) is 11.4 Å². The summed E-state index contributed by atoms with van der Waals surface area (Å²) in [6.07, 6.45) is 0.335. The lowest BCUT2D eigenvalue weighted by molar-refractivity contribution is -0.123. The van der Waals surface area contributed by atoms with E-state index in [0.29, 0.717) is 22.8 Å². The third-order valence-corrected chi connectivity index (χ3v) is 4.95. The van der Waals surface area contributed by atoms with E-state index in [1.54, 1.807) is 36.4 Å². The van der Waals surface area contributed by atoms with Gasteiger partial charge in [-0.2, -0.15) is 0 Å². The largest absolute Gasteiger partial charge is 0.368 e. The summed E-state index contributed by atoms with van der Waals surface area (Å²) in [5.74, 6) is -1.41. The van der Waals surface area contributed by atoms with Gasteiger partial charge in [-0.05, 0) is 35.9 Å². The van der Waals surface area contributed by atoms with Gasteiger partial charge in [0.2, 0.25) is 11.8 Å². The van der Waals surface area contributed by atoms with Crippen molar-refractivity contribution in [2.45, 2.75) is 12.5 Å². The third kappa shape index (κ3) is 3.32. The number of carbonyl (C=O) groups is 3. The summed E-state index contributed by atoms with van der Waals surface area (Å²) in [4.78, 5) is 41.4. The molecule has 1 aromatic heterocycles. The Kier molecular flexibility index (Phi) is 4.52. The zero-order chi connectivity index (χ0) is 19.8. The second-order valence-electron chi connectivity index (χ2n) is 6.66. The van der Waals surface area contributed by atoms with E-state index in [-0.39, 0.29) is 12.5 Å². The molecule has 4 N–H and O–H groups in total. The number of nitrogens with zero attached hydrogens (tertiary/aromatic N) is 1. The highest BCUT2D eigenvalue weighted by Gasteiger charge is 2.34. The number of nitrogens with one attached hydrogen (secondary N) is 2. The summed E-state index contributed by atoms with van der Waals surface area (Å²) in [5, 5.41) is 4.13. The SMILES string of the molecule is NC(=O)CN1C(=O)C(NC(=O)c2cc3cc(Cl)ccc3[nH]2)Cc2ccccc21. The van der Waals surface area contributed by atoms with Gasteiger partial charge in [-0.15, -0.1) is 0 Å². The highest BCUT2D eigenvalue weighted by molar-refractivity contribution is 6.31. The van der Waals surface area contributed by atoms with Crippen molar-refractivity contribution in [1.82, 2.24) is 10.3 Å². The number of hydrogen-bond donors (Lipinski definition) is 3. The van der Waals surface area contributed by atoms with Crippen LogP contribution in [0.1, 0.15) is 16.1 Å². The van der Waals surface area contributed by atoms with Crippen LogP contribution < -0.4 is 16.0 Å². The van der Waals surface area contributed by atoms with Crippen LogP contribution >= 0.6 is 11.6 Å². The van der Waals surface area contributed by atoms with Gasteiger partial charge in [-0.25, -0.2) is 0 Å². The Morgan fingerprint density at radius 3 is 2.79 bits per heavy atom. The molecule has 3 aromatic rings. The van der Waals surface area contributed by atoms with E-state index in [1.165, 1.54) is 4.90 Å². The van der Waals surface area contributed by atoms with Crippen molar-refractivity contribution in [3.63, 3.8) is 0 Å². The molecule has 0 fully saturated rings. The van der Waals surface area contributed by atoms with E-state index < -0.39 is 17.9 Å². The molecular formula is C20H17ClN4O3. The first-order chi connectivity index (χ1) is 13.4. The number of hydrogen-bond acceptors (Lipinski definition) is 3. The van der Waals surface area contributed by atoms with Crippen LogP contribution in [0, 0.1) is 0 Å². The second-order valence-corrected chi connectivity index (χ2v) is 7.10. The van der Waals surface area contributed by atoms with E-state index in [2.05, 4.69) is 10.3 Å². The predicted molar refractivity (Wildman–Crippen MR) is 106 cm³/mol. The number of rotatable bonds is 4. The molecule has 0 spiro atoms. The maximum Gasteiger partial charge on any atom is 0.268 e. The normalized spacial score (nSPS) is 16.1. The molecule has 8 heteroatoms. The summed E-state index contributed by atoms with van der Waals surface area (Å²) < 4.78 is 0. The summed E-state index contributed by atoms with van der Waals surface area (Å²) in [6.45, 7) is -0.243. The number of aromatic nitrogens is 1. The van der Waals surface area contributed by atoms with Crippen LogP contribution in [0.25, 0.3) is 10.9 Å². The molecule has 1 unspecified atom stereocenters. The Bertz CT molecular complexity index is 1110. The Hall–Kier alpha value is -3.32. The van der Waals surface area contributed by atoms with Crippen LogP contribution in [0.4, 0.5) is 5.69 Å².